The van der Waals surface area contributed by atoms with Gasteiger partial charge in [0.05, 0.1) is 11.1 Å². The normalized spacial score (nSPS) is 16.6. The Bertz CT molecular complexity index is 1590. The second-order valence-corrected chi connectivity index (χ2v) is 9.25. The fourth-order valence-electron chi connectivity index (χ4n) is 5.39. The van der Waals surface area contributed by atoms with Gasteiger partial charge in [0.15, 0.2) is 5.60 Å². The summed E-state index contributed by atoms with van der Waals surface area (Å²) in [6, 6.07) is 24.9. The molecule has 4 aromatic rings. The molecule has 0 fully saturated rings. The van der Waals surface area contributed by atoms with Crippen LogP contribution in [0.3, 0.4) is 0 Å². The van der Waals surface area contributed by atoms with E-state index in [1.54, 1.807) is 42.5 Å². The predicted octanol–water partition coefficient (Wildman–Crippen LogP) is 6.06. The number of nitrogens with one attached hydrogen (secondary N) is 1. The third kappa shape index (κ3) is 3.50. The summed E-state index contributed by atoms with van der Waals surface area (Å²) in [6.45, 7) is 5.88. The smallest absolute Gasteiger partial charge is 0.340 e. The van der Waals surface area contributed by atoms with Crippen LogP contribution in [-0.4, -0.2) is 30.1 Å². The molecule has 7 nitrogen and oxygen atoms in total. The molecule has 0 aliphatic carbocycles. The van der Waals surface area contributed by atoms with Crippen LogP contribution in [0.1, 0.15) is 51.3 Å². The lowest BCUT2D eigenvalue weighted by Gasteiger charge is -2.37. The summed E-state index contributed by atoms with van der Waals surface area (Å²) >= 11 is 0. The largest absolute Gasteiger partial charge is 0.507 e. The number of hydrogen-bond donors (Lipinski definition) is 2. The molecule has 190 valence electrons. The molecule has 1 amide bonds. The zero-order valence-corrected chi connectivity index (χ0v) is 21.0. The number of nitrogens with zero attached hydrogens (tertiary/aromatic N) is 1. The van der Waals surface area contributed by atoms with E-state index in [4.69, 9.17) is 9.47 Å². The minimum absolute atomic E-state index is 0.112. The van der Waals surface area contributed by atoms with Crippen LogP contribution in [0.5, 0.6) is 17.2 Å². The van der Waals surface area contributed by atoms with Gasteiger partial charge < -0.3 is 24.8 Å². The van der Waals surface area contributed by atoms with E-state index >= 15 is 0 Å². The van der Waals surface area contributed by atoms with Gasteiger partial charge in [-0.2, -0.15) is 0 Å². The van der Waals surface area contributed by atoms with Crippen molar-refractivity contribution in [3.63, 3.8) is 0 Å². The Kier molecular flexibility index (Phi) is 5.56. The zero-order valence-electron chi connectivity index (χ0n) is 21.0. The summed E-state index contributed by atoms with van der Waals surface area (Å²) < 4.78 is 12.6. The van der Waals surface area contributed by atoms with Gasteiger partial charge in [-0.1, -0.05) is 30.3 Å². The first-order valence-electron chi connectivity index (χ1n) is 12.6. The number of benzene rings is 4. The molecule has 1 atom stereocenters. The Morgan fingerprint density at radius 3 is 2.42 bits per heavy atom. The summed E-state index contributed by atoms with van der Waals surface area (Å²) in [5.74, 6) is 0.147. The van der Waals surface area contributed by atoms with Crippen molar-refractivity contribution in [2.45, 2.75) is 19.4 Å². The maximum absolute atomic E-state index is 13.1. The van der Waals surface area contributed by atoms with E-state index in [2.05, 4.69) is 24.1 Å². The average Bonchev–Trinajstić information content (AvgIpc) is 3.23. The lowest BCUT2D eigenvalue weighted by Crippen LogP contribution is -2.33. The number of aromatic hydroxyl groups is 1. The number of ether oxygens (including phenoxy) is 2. The van der Waals surface area contributed by atoms with Crippen molar-refractivity contribution < 1.29 is 24.2 Å². The zero-order chi connectivity index (χ0) is 26.4. The first-order valence-corrected chi connectivity index (χ1v) is 12.6. The minimum Gasteiger partial charge on any atom is -0.507 e. The number of fused-ring (bicyclic) bond motifs is 6. The fourth-order valence-corrected chi connectivity index (χ4v) is 5.39. The molecule has 0 saturated carbocycles. The van der Waals surface area contributed by atoms with Crippen LogP contribution in [0.25, 0.3) is 0 Å². The van der Waals surface area contributed by atoms with Crippen molar-refractivity contribution in [1.29, 1.82) is 0 Å². The molecule has 2 heterocycles. The average molecular weight is 507 g/mol. The minimum atomic E-state index is -1.24. The number of anilines is 2. The Labute approximate surface area is 220 Å². The molecule has 2 aliphatic rings. The summed E-state index contributed by atoms with van der Waals surface area (Å²) in [7, 11) is 0. The van der Waals surface area contributed by atoms with Crippen molar-refractivity contribution in [3.05, 3.63) is 113 Å². The van der Waals surface area contributed by atoms with E-state index in [1.165, 1.54) is 6.07 Å². The Morgan fingerprint density at radius 2 is 1.63 bits per heavy atom. The highest BCUT2D eigenvalue weighted by atomic mass is 16.6. The second kappa shape index (κ2) is 8.95. The van der Waals surface area contributed by atoms with Gasteiger partial charge in [0.2, 0.25) is 0 Å². The number of carbonyl (C=O) groups is 2. The summed E-state index contributed by atoms with van der Waals surface area (Å²) in [6.07, 6.45) is 0. The lowest BCUT2D eigenvalue weighted by atomic mass is 9.77. The van der Waals surface area contributed by atoms with Crippen molar-refractivity contribution in [2.24, 2.45) is 0 Å². The number of hydrogen-bond acceptors (Lipinski definition) is 6. The van der Waals surface area contributed by atoms with E-state index in [-0.39, 0.29) is 11.3 Å². The molecule has 2 N–H and O–H groups in total. The molecule has 38 heavy (non-hydrogen) atoms. The monoisotopic (exact) mass is 506 g/mol. The Balaban J connectivity index is 1.51. The summed E-state index contributed by atoms with van der Waals surface area (Å²) in [5, 5.41) is 13.0. The lowest BCUT2D eigenvalue weighted by molar-refractivity contribution is 0.0224. The number of rotatable bonds is 5. The van der Waals surface area contributed by atoms with Crippen LogP contribution < -0.4 is 15.0 Å². The van der Waals surface area contributed by atoms with E-state index < -0.39 is 17.5 Å². The summed E-state index contributed by atoms with van der Waals surface area (Å²) in [5.41, 5.74) is 2.92. The molecule has 2 aliphatic heterocycles. The highest BCUT2D eigenvalue weighted by molar-refractivity contribution is 6.06. The highest BCUT2D eigenvalue weighted by Gasteiger charge is 2.53. The van der Waals surface area contributed by atoms with Crippen molar-refractivity contribution in [2.75, 3.05) is 23.3 Å². The molecule has 0 saturated heterocycles. The van der Waals surface area contributed by atoms with Crippen LogP contribution in [0.15, 0.2) is 84.9 Å². The summed E-state index contributed by atoms with van der Waals surface area (Å²) in [4.78, 5) is 28.3. The second-order valence-electron chi connectivity index (χ2n) is 9.25. The van der Waals surface area contributed by atoms with E-state index in [1.807, 2.05) is 36.4 Å². The molecule has 0 bridgehead atoms. The van der Waals surface area contributed by atoms with Gasteiger partial charge in [-0.25, -0.2) is 4.79 Å². The number of amides is 1. The molecule has 7 heteroatoms. The topological polar surface area (TPSA) is 88.1 Å². The van der Waals surface area contributed by atoms with Crippen LogP contribution >= 0.6 is 0 Å². The standard InChI is InChI=1S/C31H26N2O5/c1-3-33(4-2)20-14-15-24-28(18-20)37-27-16-13-19(32-29(35)22-10-6-8-12-26(22)34)17-25(27)31(24)23-11-7-5-9-21(23)30(36)38-31/h5-18,34H,3-4H2,1-2H3,(H,32,35). The van der Waals surface area contributed by atoms with Gasteiger partial charge in [-0.3, -0.25) is 4.79 Å². The predicted molar refractivity (Wildman–Crippen MR) is 144 cm³/mol. The number of phenols is 1. The molecular formula is C31H26N2O5. The van der Waals surface area contributed by atoms with Crippen LogP contribution in [-0.2, 0) is 10.3 Å². The number of phenolic OH excluding ortho intramolecular Hbond substituents is 1. The molecule has 0 aromatic heterocycles. The maximum atomic E-state index is 13.1. The van der Waals surface area contributed by atoms with Crippen LogP contribution in [0.4, 0.5) is 11.4 Å². The third-order valence-electron chi connectivity index (χ3n) is 7.23. The SMILES string of the molecule is CCN(CC)c1ccc2c(c1)Oc1ccc(NC(=O)c3ccccc3O)cc1C21OC(=O)c2ccccc21. The van der Waals surface area contributed by atoms with Crippen molar-refractivity contribution in [1.82, 2.24) is 0 Å². The third-order valence-corrected chi connectivity index (χ3v) is 7.23. The van der Waals surface area contributed by atoms with Gasteiger partial charge >= 0.3 is 5.97 Å². The van der Waals surface area contributed by atoms with E-state index in [0.29, 0.717) is 33.9 Å². The molecule has 1 spiro atoms. The molecular weight excluding hydrogens is 480 g/mol. The number of carbonyl (C=O) groups excluding carboxylic acids is 2. The molecule has 0 radical (unpaired) electrons. The number of para-hydroxylation sites is 1. The van der Waals surface area contributed by atoms with Crippen molar-refractivity contribution >= 4 is 23.3 Å². The van der Waals surface area contributed by atoms with Crippen molar-refractivity contribution in [3.8, 4) is 17.2 Å². The van der Waals surface area contributed by atoms with E-state index in [9.17, 15) is 14.7 Å². The first-order chi connectivity index (χ1) is 18.5. The van der Waals surface area contributed by atoms with Crippen LogP contribution in [0, 0.1) is 0 Å². The Morgan fingerprint density at radius 1 is 0.868 bits per heavy atom. The molecule has 6 rings (SSSR count). The molecule has 4 aromatic carbocycles. The quantitative estimate of drug-likeness (QED) is 0.320. The van der Waals surface area contributed by atoms with Gasteiger partial charge in [-0.05, 0) is 62.4 Å². The van der Waals surface area contributed by atoms with Gasteiger partial charge in [-0.15, -0.1) is 0 Å². The fraction of sp³-hybridized carbons (Fsp3) is 0.161. The Hall–Kier alpha value is -4.78. The number of esters is 1. The highest BCUT2D eigenvalue weighted by Crippen LogP contribution is 2.57. The van der Waals surface area contributed by atoms with Gasteiger partial charge in [0.1, 0.15) is 17.2 Å². The maximum Gasteiger partial charge on any atom is 0.340 e. The van der Waals surface area contributed by atoms with Crippen LogP contribution in [0.2, 0.25) is 0 Å². The molecule has 1 unspecified atom stereocenters. The van der Waals surface area contributed by atoms with E-state index in [0.717, 1.165) is 24.3 Å². The van der Waals surface area contributed by atoms with Gasteiger partial charge in [0.25, 0.3) is 5.91 Å². The van der Waals surface area contributed by atoms with Gasteiger partial charge in [0, 0.05) is 47.2 Å². The first kappa shape index (κ1) is 23.6.